The van der Waals surface area contributed by atoms with Gasteiger partial charge in [-0.15, -0.1) is 11.3 Å². The van der Waals surface area contributed by atoms with Gasteiger partial charge in [0.05, 0.1) is 0 Å². The van der Waals surface area contributed by atoms with Gasteiger partial charge in [-0.1, -0.05) is 12.1 Å². The van der Waals surface area contributed by atoms with Crippen LogP contribution in [0.3, 0.4) is 0 Å². The number of benzene rings is 2. The van der Waals surface area contributed by atoms with Gasteiger partial charge in [0, 0.05) is 34.0 Å². The van der Waals surface area contributed by atoms with E-state index in [2.05, 4.69) is 9.88 Å². The Morgan fingerprint density at radius 1 is 1.19 bits per heavy atom. The Kier molecular flexibility index (Phi) is 5.25. The predicted molar refractivity (Wildman–Crippen MR) is 124 cm³/mol. The number of phenolic OH excluding ortho intramolecular Hbond substituents is 1. The number of hydrogen-bond donors (Lipinski definition) is 3. The second kappa shape index (κ2) is 8.07. The van der Waals surface area contributed by atoms with Gasteiger partial charge in [-0.25, -0.2) is 4.39 Å². The molecule has 2 aromatic carbocycles. The molecule has 5 nitrogen and oxygen atoms in total. The van der Waals surface area contributed by atoms with Gasteiger partial charge in [0.2, 0.25) is 0 Å². The second-order valence-corrected chi connectivity index (χ2v) is 9.18. The zero-order valence-electron chi connectivity index (χ0n) is 17.0. The van der Waals surface area contributed by atoms with Crippen molar-refractivity contribution in [2.24, 2.45) is 11.7 Å². The van der Waals surface area contributed by atoms with Crippen molar-refractivity contribution in [2.45, 2.75) is 19.4 Å². The molecule has 0 bridgehead atoms. The summed E-state index contributed by atoms with van der Waals surface area (Å²) in [5.74, 6) is 0.335. The van der Waals surface area contributed by atoms with Gasteiger partial charge in [0.25, 0.3) is 5.56 Å². The van der Waals surface area contributed by atoms with Crippen LogP contribution in [-0.2, 0) is 6.54 Å². The summed E-state index contributed by atoms with van der Waals surface area (Å²) in [6.45, 7) is 3.13. The third kappa shape index (κ3) is 3.63. The van der Waals surface area contributed by atoms with Crippen molar-refractivity contribution < 1.29 is 9.50 Å². The van der Waals surface area contributed by atoms with E-state index in [1.165, 1.54) is 17.4 Å². The summed E-state index contributed by atoms with van der Waals surface area (Å²) in [6.07, 6.45) is 2.10. The Balaban J connectivity index is 1.54. The molecule has 31 heavy (non-hydrogen) atoms. The average molecular weight is 438 g/mol. The molecule has 1 aliphatic rings. The molecule has 4 N–H and O–H groups in total. The van der Waals surface area contributed by atoms with Crippen molar-refractivity contribution >= 4 is 32.3 Å². The van der Waals surface area contributed by atoms with Gasteiger partial charge < -0.3 is 15.8 Å². The van der Waals surface area contributed by atoms with E-state index in [0.717, 1.165) is 36.7 Å². The standard InChI is InChI=1S/C24H24FN3O2S/c25-18-11-15(1-2-16(18)13-28-8-5-14(12-26)6-9-28)21-20(29)4-3-19-22(21)17-7-10-31-23(17)24(30)27-19/h1-4,7,10-11,14,29H,5-6,8-9,12-13,26H2,(H,27,30). The normalized spacial score (nSPS) is 15.8. The van der Waals surface area contributed by atoms with Gasteiger partial charge in [-0.2, -0.15) is 0 Å². The minimum Gasteiger partial charge on any atom is -0.507 e. The van der Waals surface area contributed by atoms with E-state index in [0.29, 0.717) is 45.9 Å². The van der Waals surface area contributed by atoms with Gasteiger partial charge in [0.15, 0.2) is 0 Å². The lowest BCUT2D eigenvalue weighted by molar-refractivity contribution is 0.178. The molecule has 160 valence electrons. The highest BCUT2D eigenvalue weighted by molar-refractivity contribution is 7.17. The number of H-pyrrole nitrogens is 1. The maximum absolute atomic E-state index is 15.1. The van der Waals surface area contributed by atoms with Gasteiger partial charge >= 0.3 is 0 Å². The molecule has 0 amide bonds. The number of phenols is 1. The molecule has 1 saturated heterocycles. The molecule has 7 heteroatoms. The summed E-state index contributed by atoms with van der Waals surface area (Å²) in [5, 5.41) is 14.0. The Morgan fingerprint density at radius 3 is 2.74 bits per heavy atom. The number of nitrogens with one attached hydrogen (secondary N) is 1. The number of pyridine rings is 1. The predicted octanol–water partition coefficient (Wildman–Crippen LogP) is 4.43. The van der Waals surface area contributed by atoms with Gasteiger partial charge in [-0.3, -0.25) is 9.69 Å². The Labute approximate surface area is 182 Å². The SMILES string of the molecule is NCC1CCN(Cc2ccc(-c3c(O)ccc4[nH]c(=O)c5sccc5c34)cc2F)CC1. The van der Waals surface area contributed by atoms with Gasteiger partial charge in [-0.05, 0) is 73.6 Å². The second-order valence-electron chi connectivity index (χ2n) is 8.26. The molecule has 0 aliphatic carbocycles. The molecule has 2 aromatic heterocycles. The highest BCUT2D eigenvalue weighted by Gasteiger charge is 2.20. The summed E-state index contributed by atoms with van der Waals surface area (Å²) in [7, 11) is 0. The average Bonchev–Trinajstić information content (AvgIpc) is 3.27. The molecule has 0 saturated carbocycles. The van der Waals surface area contributed by atoms with Crippen LogP contribution in [0, 0.1) is 11.7 Å². The van der Waals surface area contributed by atoms with Crippen molar-refractivity contribution in [1.29, 1.82) is 0 Å². The van der Waals surface area contributed by atoms with E-state index in [4.69, 9.17) is 5.73 Å². The van der Waals surface area contributed by atoms with Crippen molar-refractivity contribution in [1.82, 2.24) is 9.88 Å². The number of aromatic nitrogens is 1. The van der Waals surface area contributed by atoms with Crippen LogP contribution in [0.2, 0.25) is 0 Å². The number of fused-ring (bicyclic) bond motifs is 3. The molecular formula is C24H24FN3O2S. The molecular weight excluding hydrogens is 413 g/mol. The number of thiophene rings is 1. The first-order valence-electron chi connectivity index (χ1n) is 10.5. The molecule has 1 aliphatic heterocycles. The monoisotopic (exact) mass is 437 g/mol. The smallest absolute Gasteiger partial charge is 0.266 e. The first-order valence-corrected chi connectivity index (χ1v) is 11.4. The van der Waals surface area contributed by atoms with Crippen LogP contribution in [0.4, 0.5) is 4.39 Å². The van der Waals surface area contributed by atoms with Crippen molar-refractivity contribution in [3.63, 3.8) is 0 Å². The summed E-state index contributed by atoms with van der Waals surface area (Å²) in [6, 6.07) is 10.2. The number of hydrogen-bond acceptors (Lipinski definition) is 5. The van der Waals surface area contributed by atoms with Crippen molar-refractivity contribution in [3.8, 4) is 16.9 Å². The van der Waals surface area contributed by atoms with E-state index in [-0.39, 0.29) is 17.1 Å². The number of nitrogens with two attached hydrogens (primary N) is 1. The summed E-state index contributed by atoms with van der Waals surface area (Å²) < 4.78 is 15.7. The quantitative estimate of drug-likeness (QED) is 0.441. The fourth-order valence-electron chi connectivity index (χ4n) is 4.58. The fourth-order valence-corrected chi connectivity index (χ4v) is 5.38. The van der Waals surface area contributed by atoms with Crippen LogP contribution >= 0.6 is 11.3 Å². The Morgan fingerprint density at radius 2 is 2.00 bits per heavy atom. The van der Waals surface area contributed by atoms with Crippen LogP contribution in [0.15, 0.2) is 46.6 Å². The molecule has 0 spiro atoms. The number of piperidine rings is 1. The summed E-state index contributed by atoms with van der Waals surface area (Å²) in [5.41, 5.74) is 7.99. The van der Waals surface area contributed by atoms with Crippen LogP contribution in [0.25, 0.3) is 32.1 Å². The maximum atomic E-state index is 15.1. The lowest BCUT2D eigenvalue weighted by Crippen LogP contribution is -2.35. The largest absolute Gasteiger partial charge is 0.507 e. The summed E-state index contributed by atoms with van der Waals surface area (Å²) in [4.78, 5) is 17.5. The first-order chi connectivity index (χ1) is 15.0. The zero-order valence-corrected chi connectivity index (χ0v) is 17.8. The highest BCUT2D eigenvalue weighted by atomic mass is 32.1. The maximum Gasteiger partial charge on any atom is 0.266 e. The lowest BCUT2D eigenvalue weighted by atomic mass is 9.95. The van der Waals surface area contributed by atoms with E-state index >= 15 is 4.39 Å². The number of aromatic amines is 1. The molecule has 5 rings (SSSR count). The van der Waals surface area contributed by atoms with E-state index < -0.39 is 0 Å². The fraction of sp³-hybridized carbons (Fsp3) is 0.292. The van der Waals surface area contributed by atoms with E-state index in [1.54, 1.807) is 18.2 Å². The lowest BCUT2D eigenvalue weighted by Gasteiger charge is -2.31. The molecule has 0 unspecified atom stereocenters. The number of nitrogens with zero attached hydrogens (tertiary/aromatic N) is 1. The molecule has 0 radical (unpaired) electrons. The zero-order chi connectivity index (χ0) is 21.5. The van der Waals surface area contributed by atoms with Crippen LogP contribution in [-0.4, -0.2) is 34.6 Å². The Bertz CT molecular complexity index is 1320. The number of aromatic hydroxyl groups is 1. The first kappa shape index (κ1) is 20.2. The third-order valence-corrected chi connectivity index (χ3v) is 7.26. The Hall–Kier alpha value is -2.74. The number of rotatable bonds is 4. The third-order valence-electron chi connectivity index (χ3n) is 6.35. The molecule has 3 heterocycles. The van der Waals surface area contributed by atoms with Crippen molar-refractivity contribution in [2.75, 3.05) is 19.6 Å². The topological polar surface area (TPSA) is 82.3 Å². The molecule has 1 fully saturated rings. The number of halogens is 1. The van der Waals surface area contributed by atoms with Crippen LogP contribution < -0.4 is 11.3 Å². The van der Waals surface area contributed by atoms with E-state index in [1.807, 2.05) is 17.5 Å². The molecule has 0 atom stereocenters. The minimum absolute atomic E-state index is 0.0584. The van der Waals surface area contributed by atoms with Crippen LogP contribution in [0.1, 0.15) is 18.4 Å². The number of likely N-dealkylation sites (tertiary alicyclic amines) is 1. The van der Waals surface area contributed by atoms with E-state index in [9.17, 15) is 9.90 Å². The van der Waals surface area contributed by atoms with Gasteiger partial charge in [0.1, 0.15) is 16.3 Å². The minimum atomic E-state index is -0.291. The summed E-state index contributed by atoms with van der Waals surface area (Å²) >= 11 is 1.35. The van der Waals surface area contributed by atoms with Crippen LogP contribution in [0.5, 0.6) is 5.75 Å². The molecule has 4 aromatic rings. The highest BCUT2D eigenvalue weighted by Crippen LogP contribution is 2.40. The van der Waals surface area contributed by atoms with Crippen molar-refractivity contribution in [3.05, 3.63) is 63.5 Å².